The van der Waals surface area contributed by atoms with Gasteiger partial charge in [-0.2, -0.15) is 0 Å². The molecule has 102 valence electrons. The highest BCUT2D eigenvalue weighted by atomic mass is 16.5. The van der Waals surface area contributed by atoms with Crippen molar-refractivity contribution in [3.63, 3.8) is 0 Å². The van der Waals surface area contributed by atoms with Crippen LogP contribution in [0.5, 0.6) is 11.5 Å². The van der Waals surface area contributed by atoms with Gasteiger partial charge in [0.1, 0.15) is 17.1 Å². The number of aromatic hydroxyl groups is 1. The van der Waals surface area contributed by atoms with Crippen molar-refractivity contribution >= 4 is 0 Å². The lowest BCUT2D eigenvalue weighted by Gasteiger charge is -2.46. The van der Waals surface area contributed by atoms with E-state index in [1.54, 1.807) is 0 Å². The quantitative estimate of drug-likeness (QED) is 0.763. The van der Waals surface area contributed by atoms with E-state index in [0.717, 1.165) is 35.3 Å². The van der Waals surface area contributed by atoms with E-state index in [2.05, 4.69) is 31.2 Å². The molecule has 1 fully saturated rings. The van der Waals surface area contributed by atoms with E-state index in [-0.39, 0.29) is 5.60 Å². The molecule has 2 aromatic carbocycles. The average molecular weight is 266 g/mol. The van der Waals surface area contributed by atoms with Crippen LogP contribution >= 0.6 is 0 Å². The van der Waals surface area contributed by atoms with Crippen molar-refractivity contribution < 1.29 is 9.84 Å². The first-order valence-corrected chi connectivity index (χ1v) is 7.23. The number of benzene rings is 2. The third-order valence-corrected chi connectivity index (χ3v) is 4.72. The number of fused-ring (bicyclic) bond motifs is 4. The topological polar surface area (TPSA) is 29.5 Å². The van der Waals surface area contributed by atoms with Crippen molar-refractivity contribution in [3.8, 4) is 22.6 Å². The maximum absolute atomic E-state index is 10.1. The number of aryl methyl sites for hydroxylation is 2. The van der Waals surface area contributed by atoms with Gasteiger partial charge in [-0.1, -0.05) is 11.6 Å². The molecule has 0 aromatic heterocycles. The summed E-state index contributed by atoms with van der Waals surface area (Å²) in [6, 6.07) is 10.4. The van der Waals surface area contributed by atoms with Gasteiger partial charge in [0.05, 0.1) is 0 Å². The summed E-state index contributed by atoms with van der Waals surface area (Å²) in [6.45, 7) is 4.05. The molecule has 2 aliphatic rings. The molecule has 0 bridgehead atoms. The molecule has 4 rings (SSSR count). The number of hydrogen-bond acceptors (Lipinski definition) is 2. The normalized spacial score (nSPS) is 17.9. The summed E-state index contributed by atoms with van der Waals surface area (Å²) in [5.41, 5.74) is 5.49. The minimum Gasteiger partial charge on any atom is -0.508 e. The van der Waals surface area contributed by atoms with Crippen LogP contribution in [-0.4, -0.2) is 5.11 Å². The van der Waals surface area contributed by atoms with Crippen molar-refractivity contribution in [2.75, 3.05) is 0 Å². The van der Waals surface area contributed by atoms with Crippen LogP contribution in [0, 0.1) is 13.8 Å². The van der Waals surface area contributed by atoms with Crippen LogP contribution in [0.1, 0.15) is 36.0 Å². The highest BCUT2D eigenvalue weighted by Crippen LogP contribution is 2.54. The van der Waals surface area contributed by atoms with Gasteiger partial charge < -0.3 is 9.84 Å². The summed E-state index contributed by atoms with van der Waals surface area (Å²) >= 11 is 0. The Hall–Kier alpha value is -1.96. The Kier molecular flexibility index (Phi) is 2.24. The van der Waals surface area contributed by atoms with Crippen molar-refractivity contribution in [3.05, 3.63) is 47.0 Å². The lowest BCUT2D eigenvalue weighted by atomic mass is 9.70. The second-order valence-electron chi connectivity index (χ2n) is 6.13. The zero-order chi connectivity index (χ0) is 13.9. The summed E-state index contributed by atoms with van der Waals surface area (Å²) in [6.07, 6.45) is 3.26. The van der Waals surface area contributed by atoms with Gasteiger partial charge in [0.15, 0.2) is 0 Å². The molecule has 1 N–H and O–H groups in total. The van der Waals surface area contributed by atoms with E-state index in [0.29, 0.717) is 5.75 Å². The molecule has 0 saturated heterocycles. The molecule has 2 nitrogen and oxygen atoms in total. The first-order chi connectivity index (χ1) is 9.59. The van der Waals surface area contributed by atoms with Crippen LogP contribution in [0.3, 0.4) is 0 Å². The first kappa shape index (κ1) is 11.8. The molecule has 0 radical (unpaired) electrons. The van der Waals surface area contributed by atoms with Gasteiger partial charge in [0, 0.05) is 11.1 Å². The molecule has 2 heteroatoms. The number of phenols is 1. The predicted molar refractivity (Wildman–Crippen MR) is 79.2 cm³/mol. The summed E-state index contributed by atoms with van der Waals surface area (Å²) in [5, 5.41) is 10.1. The van der Waals surface area contributed by atoms with Crippen molar-refractivity contribution in [1.29, 1.82) is 0 Å². The molecular weight excluding hydrogens is 248 g/mol. The van der Waals surface area contributed by atoms with Gasteiger partial charge >= 0.3 is 0 Å². The van der Waals surface area contributed by atoms with Gasteiger partial charge in [0.2, 0.25) is 0 Å². The first-order valence-electron chi connectivity index (χ1n) is 7.23. The number of phenolic OH excluding ortho intramolecular Hbond substituents is 1. The molecule has 1 saturated carbocycles. The lowest BCUT2D eigenvalue weighted by molar-refractivity contribution is -0.0145. The van der Waals surface area contributed by atoms with Crippen LogP contribution in [0.2, 0.25) is 0 Å². The average Bonchev–Trinajstić information content (AvgIpc) is 2.38. The Morgan fingerprint density at radius 3 is 2.55 bits per heavy atom. The summed E-state index contributed by atoms with van der Waals surface area (Å²) in [5.74, 6) is 1.35. The Morgan fingerprint density at radius 2 is 1.85 bits per heavy atom. The van der Waals surface area contributed by atoms with E-state index < -0.39 is 0 Å². The second kappa shape index (κ2) is 3.78. The van der Waals surface area contributed by atoms with Crippen molar-refractivity contribution in [2.45, 2.75) is 38.7 Å². The molecule has 0 unspecified atom stereocenters. The van der Waals surface area contributed by atoms with E-state index in [1.165, 1.54) is 17.5 Å². The fourth-order valence-electron chi connectivity index (χ4n) is 3.37. The molecule has 20 heavy (non-hydrogen) atoms. The van der Waals surface area contributed by atoms with E-state index in [1.807, 2.05) is 13.0 Å². The molecule has 1 aliphatic heterocycles. The zero-order valence-electron chi connectivity index (χ0n) is 11.9. The van der Waals surface area contributed by atoms with Gasteiger partial charge in [-0.3, -0.25) is 0 Å². The van der Waals surface area contributed by atoms with E-state index >= 15 is 0 Å². The van der Waals surface area contributed by atoms with Crippen LogP contribution < -0.4 is 4.74 Å². The Morgan fingerprint density at radius 1 is 1.05 bits per heavy atom. The van der Waals surface area contributed by atoms with Crippen molar-refractivity contribution in [1.82, 2.24) is 0 Å². The molecule has 1 aliphatic carbocycles. The second-order valence-corrected chi connectivity index (χ2v) is 6.13. The largest absolute Gasteiger partial charge is 0.508 e. The van der Waals surface area contributed by atoms with Gasteiger partial charge in [-0.15, -0.1) is 0 Å². The Balaban J connectivity index is 2.03. The number of hydrogen-bond donors (Lipinski definition) is 1. The van der Waals surface area contributed by atoms with E-state index in [9.17, 15) is 5.11 Å². The maximum Gasteiger partial charge on any atom is 0.135 e. The number of rotatable bonds is 0. The standard InChI is InChI=1S/C18H18O2/c1-11-4-5-17-14(8-11)13-9-12(2)16(19)10-15(13)18(20-17)6-3-7-18/h4-5,8-10,19H,3,6-7H2,1-2H3. The molecule has 0 amide bonds. The van der Waals surface area contributed by atoms with Gasteiger partial charge in [-0.25, -0.2) is 0 Å². The van der Waals surface area contributed by atoms with Crippen molar-refractivity contribution in [2.24, 2.45) is 0 Å². The third kappa shape index (κ3) is 1.45. The summed E-state index contributed by atoms with van der Waals surface area (Å²) < 4.78 is 6.32. The Bertz CT molecular complexity index is 712. The monoisotopic (exact) mass is 266 g/mol. The molecule has 2 aromatic rings. The van der Waals surface area contributed by atoms with Crippen LogP contribution in [0.15, 0.2) is 30.3 Å². The van der Waals surface area contributed by atoms with Crippen LogP contribution in [0.4, 0.5) is 0 Å². The summed E-state index contributed by atoms with van der Waals surface area (Å²) in [4.78, 5) is 0. The Labute approximate surface area is 119 Å². The smallest absolute Gasteiger partial charge is 0.135 e. The fourth-order valence-corrected chi connectivity index (χ4v) is 3.37. The van der Waals surface area contributed by atoms with E-state index in [4.69, 9.17) is 4.74 Å². The SMILES string of the molecule is Cc1ccc2c(c1)-c1cc(C)c(O)cc1C1(CCC1)O2. The highest BCUT2D eigenvalue weighted by molar-refractivity contribution is 5.79. The zero-order valence-corrected chi connectivity index (χ0v) is 11.9. The molecule has 1 spiro atoms. The molecular formula is C18H18O2. The van der Waals surface area contributed by atoms with Gasteiger partial charge in [0.25, 0.3) is 0 Å². The fraction of sp³-hybridized carbons (Fsp3) is 0.333. The van der Waals surface area contributed by atoms with Crippen LogP contribution in [0.25, 0.3) is 11.1 Å². The van der Waals surface area contributed by atoms with Crippen LogP contribution in [-0.2, 0) is 5.60 Å². The third-order valence-electron chi connectivity index (χ3n) is 4.72. The minimum absolute atomic E-state index is 0.206. The predicted octanol–water partition coefficient (Wildman–Crippen LogP) is 4.45. The maximum atomic E-state index is 10.1. The van der Waals surface area contributed by atoms with Gasteiger partial charge in [-0.05, 0) is 68.5 Å². The lowest BCUT2D eigenvalue weighted by Crippen LogP contribution is -2.42. The number of ether oxygens (including phenoxy) is 1. The molecule has 0 atom stereocenters. The molecule has 1 heterocycles. The minimum atomic E-state index is -0.206. The summed E-state index contributed by atoms with van der Waals surface area (Å²) in [7, 11) is 0. The highest BCUT2D eigenvalue weighted by Gasteiger charge is 2.46.